The van der Waals surface area contributed by atoms with Gasteiger partial charge in [-0.05, 0) is 62.1 Å². The molecule has 0 saturated heterocycles. The molecule has 2 aromatic rings. The van der Waals surface area contributed by atoms with E-state index in [1.54, 1.807) is 24.3 Å². The Balaban J connectivity index is 1.72. The number of carbonyl (C=O) groups excluding carboxylic acids is 2. The van der Waals surface area contributed by atoms with Crippen LogP contribution in [0.2, 0.25) is 0 Å². The Kier molecular flexibility index (Phi) is 5.26. The lowest BCUT2D eigenvalue weighted by atomic mass is 10.1. The number of anilines is 2. The molecular formula is C21H24N2O3. The van der Waals surface area contributed by atoms with Crippen molar-refractivity contribution in [1.29, 1.82) is 0 Å². The third-order valence-electron chi connectivity index (χ3n) is 4.52. The molecule has 0 heterocycles. The maximum Gasteiger partial charge on any atom is 0.255 e. The molecule has 2 unspecified atom stereocenters. The van der Waals surface area contributed by atoms with E-state index in [-0.39, 0.29) is 17.7 Å². The van der Waals surface area contributed by atoms with Crippen LogP contribution in [0.1, 0.15) is 36.2 Å². The summed E-state index contributed by atoms with van der Waals surface area (Å²) in [5.41, 5.74) is 2.81. The second-order valence-corrected chi connectivity index (χ2v) is 6.78. The van der Waals surface area contributed by atoms with Gasteiger partial charge in [-0.1, -0.05) is 19.1 Å². The Morgan fingerprint density at radius 3 is 2.62 bits per heavy atom. The Hall–Kier alpha value is -2.82. The van der Waals surface area contributed by atoms with Crippen molar-refractivity contribution in [2.75, 3.05) is 17.2 Å². The van der Waals surface area contributed by atoms with Gasteiger partial charge in [0.1, 0.15) is 5.75 Å². The number of hydrogen-bond donors (Lipinski definition) is 2. The van der Waals surface area contributed by atoms with E-state index in [1.807, 2.05) is 32.0 Å². The van der Waals surface area contributed by atoms with Crippen molar-refractivity contribution in [3.05, 3.63) is 53.6 Å². The maximum absolute atomic E-state index is 12.6. The number of carbonyl (C=O) groups is 2. The topological polar surface area (TPSA) is 67.4 Å². The van der Waals surface area contributed by atoms with Crippen LogP contribution in [-0.2, 0) is 4.79 Å². The summed E-state index contributed by atoms with van der Waals surface area (Å²) in [6, 6.07) is 12.6. The van der Waals surface area contributed by atoms with Crippen molar-refractivity contribution < 1.29 is 14.3 Å². The highest BCUT2D eigenvalue weighted by molar-refractivity contribution is 6.06. The predicted octanol–water partition coefficient (Wildman–Crippen LogP) is 4.24. The fraction of sp³-hybridized carbons (Fsp3) is 0.333. The molecule has 5 nitrogen and oxygen atoms in total. The fourth-order valence-electron chi connectivity index (χ4n) is 2.86. The van der Waals surface area contributed by atoms with E-state index < -0.39 is 0 Å². The summed E-state index contributed by atoms with van der Waals surface area (Å²) >= 11 is 0. The van der Waals surface area contributed by atoms with E-state index in [0.717, 1.165) is 12.0 Å². The molecule has 0 aromatic heterocycles. The molecule has 2 aromatic carbocycles. The van der Waals surface area contributed by atoms with Gasteiger partial charge in [0.15, 0.2) is 0 Å². The summed E-state index contributed by atoms with van der Waals surface area (Å²) in [7, 11) is 0. The van der Waals surface area contributed by atoms with Gasteiger partial charge in [-0.2, -0.15) is 0 Å². The highest BCUT2D eigenvalue weighted by Gasteiger charge is 2.39. The third kappa shape index (κ3) is 4.23. The van der Waals surface area contributed by atoms with Gasteiger partial charge in [0.25, 0.3) is 5.91 Å². The van der Waals surface area contributed by atoms with Gasteiger partial charge >= 0.3 is 0 Å². The Morgan fingerprint density at radius 1 is 1.15 bits per heavy atom. The predicted molar refractivity (Wildman–Crippen MR) is 103 cm³/mol. The SMILES string of the molecule is CCOc1cc(C)ccc1NC(=O)c1cccc(NC(=O)C2CC2C)c1. The van der Waals surface area contributed by atoms with Crippen molar-refractivity contribution in [1.82, 2.24) is 0 Å². The number of nitrogens with one attached hydrogen (secondary N) is 2. The third-order valence-corrected chi connectivity index (χ3v) is 4.52. The molecule has 3 rings (SSSR count). The van der Waals surface area contributed by atoms with Gasteiger partial charge < -0.3 is 15.4 Å². The summed E-state index contributed by atoms with van der Waals surface area (Å²) in [6.45, 7) is 6.46. The highest BCUT2D eigenvalue weighted by atomic mass is 16.5. The highest BCUT2D eigenvalue weighted by Crippen LogP contribution is 2.38. The molecule has 136 valence electrons. The van der Waals surface area contributed by atoms with Crippen LogP contribution in [0.4, 0.5) is 11.4 Å². The number of ether oxygens (including phenoxy) is 1. The smallest absolute Gasteiger partial charge is 0.255 e. The number of rotatable bonds is 6. The first-order valence-electron chi connectivity index (χ1n) is 8.93. The molecule has 5 heteroatoms. The standard InChI is InChI=1S/C21H24N2O3/c1-4-26-19-10-13(2)8-9-18(19)23-20(24)15-6-5-7-16(12-15)22-21(25)17-11-14(17)3/h5-10,12,14,17H,4,11H2,1-3H3,(H,22,25)(H,23,24). The molecule has 1 aliphatic rings. The molecule has 0 aliphatic heterocycles. The van der Waals surface area contributed by atoms with Crippen LogP contribution in [-0.4, -0.2) is 18.4 Å². The number of benzene rings is 2. The second kappa shape index (κ2) is 7.60. The summed E-state index contributed by atoms with van der Waals surface area (Å²) in [4.78, 5) is 24.7. The van der Waals surface area contributed by atoms with E-state index in [0.29, 0.717) is 35.2 Å². The van der Waals surface area contributed by atoms with E-state index in [2.05, 4.69) is 17.6 Å². The molecular weight excluding hydrogens is 328 g/mol. The molecule has 2 atom stereocenters. The Bertz CT molecular complexity index is 832. The summed E-state index contributed by atoms with van der Waals surface area (Å²) in [5, 5.41) is 5.77. The van der Waals surface area contributed by atoms with Gasteiger partial charge in [-0.25, -0.2) is 0 Å². The van der Waals surface area contributed by atoms with Crippen LogP contribution >= 0.6 is 0 Å². The van der Waals surface area contributed by atoms with E-state index >= 15 is 0 Å². The van der Waals surface area contributed by atoms with Crippen LogP contribution in [0.5, 0.6) is 5.75 Å². The van der Waals surface area contributed by atoms with Crippen molar-refractivity contribution in [3.63, 3.8) is 0 Å². The van der Waals surface area contributed by atoms with Gasteiger partial charge in [-0.3, -0.25) is 9.59 Å². The Morgan fingerprint density at radius 2 is 1.92 bits per heavy atom. The van der Waals surface area contributed by atoms with Gasteiger partial charge in [0.05, 0.1) is 12.3 Å². The number of aryl methyl sites for hydroxylation is 1. The zero-order valence-electron chi connectivity index (χ0n) is 15.3. The molecule has 1 aliphatic carbocycles. The summed E-state index contributed by atoms with van der Waals surface area (Å²) in [6.07, 6.45) is 0.930. The maximum atomic E-state index is 12.6. The molecule has 0 bridgehead atoms. The lowest BCUT2D eigenvalue weighted by molar-refractivity contribution is -0.117. The van der Waals surface area contributed by atoms with Gasteiger partial charge in [0, 0.05) is 17.2 Å². The quantitative estimate of drug-likeness (QED) is 0.817. The summed E-state index contributed by atoms with van der Waals surface area (Å²) < 4.78 is 5.60. The molecule has 1 saturated carbocycles. The first-order valence-corrected chi connectivity index (χ1v) is 8.93. The van der Waals surface area contributed by atoms with E-state index in [1.165, 1.54) is 0 Å². The normalized spacial score (nSPS) is 18.1. The van der Waals surface area contributed by atoms with Crippen LogP contribution in [0.3, 0.4) is 0 Å². The zero-order chi connectivity index (χ0) is 18.7. The molecule has 2 N–H and O–H groups in total. The average Bonchev–Trinajstić information content (AvgIpc) is 3.35. The molecule has 1 fully saturated rings. The van der Waals surface area contributed by atoms with E-state index in [4.69, 9.17) is 4.74 Å². The van der Waals surface area contributed by atoms with Crippen molar-refractivity contribution >= 4 is 23.2 Å². The zero-order valence-corrected chi connectivity index (χ0v) is 15.3. The van der Waals surface area contributed by atoms with E-state index in [9.17, 15) is 9.59 Å². The van der Waals surface area contributed by atoms with Gasteiger partial charge in [0.2, 0.25) is 5.91 Å². The average molecular weight is 352 g/mol. The number of amides is 2. The van der Waals surface area contributed by atoms with Crippen LogP contribution in [0.15, 0.2) is 42.5 Å². The van der Waals surface area contributed by atoms with Crippen LogP contribution in [0.25, 0.3) is 0 Å². The van der Waals surface area contributed by atoms with Crippen LogP contribution < -0.4 is 15.4 Å². The largest absolute Gasteiger partial charge is 0.492 e. The summed E-state index contributed by atoms with van der Waals surface area (Å²) in [5.74, 6) is 0.958. The lowest BCUT2D eigenvalue weighted by Gasteiger charge is -2.13. The molecule has 26 heavy (non-hydrogen) atoms. The van der Waals surface area contributed by atoms with Crippen molar-refractivity contribution in [3.8, 4) is 5.75 Å². The first-order chi connectivity index (χ1) is 12.5. The molecule has 2 amide bonds. The minimum atomic E-state index is -0.245. The number of hydrogen-bond acceptors (Lipinski definition) is 3. The monoisotopic (exact) mass is 352 g/mol. The molecule has 0 spiro atoms. The van der Waals surface area contributed by atoms with Crippen molar-refractivity contribution in [2.24, 2.45) is 11.8 Å². The molecule has 0 radical (unpaired) electrons. The Labute approximate surface area is 153 Å². The van der Waals surface area contributed by atoms with Crippen molar-refractivity contribution in [2.45, 2.75) is 27.2 Å². The minimum Gasteiger partial charge on any atom is -0.492 e. The second-order valence-electron chi connectivity index (χ2n) is 6.78. The minimum absolute atomic E-state index is 0.0206. The lowest BCUT2D eigenvalue weighted by Crippen LogP contribution is -2.16. The van der Waals surface area contributed by atoms with Gasteiger partial charge in [-0.15, -0.1) is 0 Å². The fourth-order valence-corrected chi connectivity index (χ4v) is 2.86. The first kappa shape index (κ1) is 18.0. The van der Waals surface area contributed by atoms with Crippen LogP contribution in [0, 0.1) is 18.8 Å².